The minimum atomic E-state index is -1.04. The molecule has 92 valence electrons. The van der Waals surface area contributed by atoms with Crippen LogP contribution < -0.4 is 5.32 Å². The van der Waals surface area contributed by atoms with Crippen molar-refractivity contribution in [2.24, 2.45) is 0 Å². The summed E-state index contributed by atoms with van der Waals surface area (Å²) in [6.45, 7) is 2.67. The van der Waals surface area contributed by atoms with E-state index in [0.29, 0.717) is 6.54 Å². The molecule has 2 atom stereocenters. The van der Waals surface area contributed by atoms with Crippen LogP contribution >= 0.6 is 0 Å². The van der Waals surface area contributed by atoms with Crippen LogP contribution in [0.1, 0.15) is 19.8 Å². The number of carboxylic acid groups (broad SMARTS) is 1. The summed E-state index contributed by atoms with van der Waals surface area (Å²) in [5.41, 5.74) is 0. The maximum Gasteiger partial charge on any atom is 0.325 e. The molecule has 1 fully saturated rings. The fraction of sp³-hybridized carbons (Fsp3) is 0.800. The second kappa shape index (κ2) is 5.69. The van der Waals surface area contributed by atoms with Crippen molar-refractivity contribution in [1.29, 1.82) is 0 Å². The molecule has 0 saturated carbocycles. The molecule has 2 unspecified atom stereocenters. The predicted octanol–water partition coefficient (Wildman–Crippen LogP) is 0.280. The van der Waals surface area contributed by atoms with Gasteiger partial charge in [0.15, 0.2) is 0 Å². The molecular weight excluding hydrogens is 212 g/mol. The number of urea groups is 1. The summed E-state index contributed by atoms with van der Waals surface area (Å²) in [4.78, 5) is 23.5. The number of aliphatic carboxylic acids is 1. The van der Waals surface area contributed by atoms with E-state index in [4.69, 9.17) is 9.84 Å². The Bertz CT molecular complexity index is 264. The van der Waals surface area contributed by atoms with Crippen LogP contribution in [0, 0.1) is 0 Å². The number of ether oxygens (including phenoxy) is 1. The van der Waals surface area contributed by atoms with Crippen molar-refractivity contribution < 1.29 is 19.4 Å². The molecule has 1 rings (SSSR count). The topological polar surface area (TPSA) is 78.9 Å². The molecular formula is C10H18N2O4. The number of carboxylic acids is 1. The first-order chi connectivity index (χ1) is 7.50. The molecule has 0 aromatic heterocycles. The molecule has 0 aliphatic carbocycles. The number of hydrogen-bond donors (Lipinski definition) is 2. The van der Waals surface area contributed by atoms with Crippen LogP contribution in [0.15, 0.2) is 0 Å². The number of hydrogen-bond acceptors (Lipinski definition) is 3. The Morgan fingerprint density at radius 2 is 2.31 bits per heavy atom. The molecule has 1 saturated heterocycles. The van der Waals surface area contributed by atoms with Crippen LogP contribution in [0.5, 0.6) is 0 Å². The van der Waals surface area contributed by atoms with Gasteiger partial charge in [0.05, 0.1) is 6.10 Å². The van der Waals surface area contributed by atoms with Crippen molar-refractivity contribution in [2.75, 3.05) is 20.2 Å². The van der Waals surface area contributed by atoms with Gasteiger partial charge in [-0.3, -0.25) is 4.79 Å². The first-order valence-corrected chi connectivity index (χ1v) is 5.36. The summed E-state index contributed by atoms with van der Waals surface area (Å²) < 4.78 is 5.39. The Hall–Kier alpha value is -1.30. The average molecular weight is 230 g/mol. The third-order valence-electron chi connectivity index (χ3n) is 2.56. The quantitative estimate of drug-likeness (QED) is 0.727. The van der Waals surface area contributed by atoms with Crippen molar-refractivity contribution in [3.05, 3.63) is 0 Å². The van der Waals surface area contributed by atoms with Gasteiger partial charge in [0, 0.05) is 20.2 Å². The first-order valence-electron chi connectivity index (χ1n) is 5.36. The standard InChI is InChI=1S/C10H18N2O4/c1-7(9(13)14)11-10(15)12(2)6-8-4-3-5-16-8/h7-8H,3-6H2,1-2H3,(H,11,15)(H,13,14). The molecule has 0 aromatic carbocycles. The van der Waals surface area contributed by atoms with E-state index in [9.17, 15) is 9.59 Å². The van der Waals surface area contributed by atoms with Gasteiger partial charge in [0.2, 0.25) is 0 Å². The number of amides is 2. The third-order valence-corrected chi connectivity index (χ3v) is 2.56. The lowest BCUT2D eigenvalue weighted by Gasteiger charge is -2.22. The summed E-state index contributed by atoms with van der Waals surface area (Å²) in [6.07, 6.45) is 2.05. The lowest BCUT2D eigenvalue weighted by molar-refractivity contribution is -0.138. The summed E-state index contributed by atoms with van der Waals surface area (Å²) in [6, 6.07) is -1.26. The van der Waals surface area contributed by atoms with Crippen LogP contribution in [0.4, 0.5) is 4.79 Å². The van der Waals surface area contributed by atoms with Crippen LogP contribution in [0.3, 0.4) is 0 Å². The van der Waals surface area contributed by atoms with Crippen molar-refractivity contribution >= 4 is 12.0 Å². The van der Waals surface area contributed by atoms with Crippen LogP contribution in [-0.4, -0.2) is 54.4 Å². The highest BCUT2D eigenvalue weighted by Gasteiger charge is 2.22. The van der Waals surface area contributed by atoms with Gasteiger partial charge in [-0.05, 0) is 19.8 Å². The summed E-state index contributed by atoms with van der Waals surface area (Å²) >= 11 is 0. The summed E-state index contributed by atoms with van der Waals surface area (Å²) in [5.74, 6) is -1.04. The second-order valence-electron chi connectivity index (χ2n) is 4.02. The van der Waals surface area contributed by atoms with Gasteiger partial charge in [-0.2, -0.15) is 0 Å². The number of nitrogens with one attached hydrogen (secondary N) is 1. The Morgan fingerprint density at radius 1 is 1.62 bits per heavy atom. The Labute approximate surface area is 94.6 Å². The van der Waals surface area contributed by atoms with Gasteiger partial charge in [-0.1, -0.05) is 0 Å². The van der Waals surface area contributed by atoms with E-state index >= 15 is 0 Å². The molecule has 0 spiro atoms. The first kappa shape index (κ1) is 12.8. The van der Waals surface area contributed by atoms with E-state index in [1.807, 2.05) is 0 Å². The molecule has 0 bridgehead atoms. The molecule has 6 nitrogen and oxygen atoms in total. The van der Waals surface area contributed by atoms with E-state index in [2.05, 4.69) is 5.32 Å². The summed E-state index contributed by atoms with van der Waals surface area (Å²) in [7, 11) is 1.63. The maximum absolute atomic E-state index is 11.5. The van der Waals surface area contributed by atoms with Crippen molar-refractivity contribution in [3.8, 4) is 0 Å². The minimum Gasteiger partial charge on any atom is -0.480 e. The lowest BCUT2D eigenvalue weighted by Crippen LogP contribution is -2.47. The van der Waals surface area contributed by atoms with E-state index in [1.165, 1.54) is 11.8 Å². The number of likely N-dealkylation sites (N-methyl/N-ethyl adjacent to an activating group) is 1. The minimum absolute atomic E-state index is 0.0795. The van der Waals surface area contributed by atoms with Gasteiger partial charge in [0.25, 0.3) is 0 Å². The highest BCUT2D eigenvalue weighted by Crippen LogP contribution is 2.12. The molecule has 1 aliphatic heterocycles. The second-order valence-corrected chi connectivity index (χ2v) is 4.02. The SMILES string of the molecule is CC(NC(=O)N(C)CC1CCCO1)C(=O)O. The largest absolute Gasteiger partial charge is 0.480 e. The smallest absolute Gasteiger partial charge is 0.325 e. The van der Waals surface area contributed by atoms with Crippen molar-refractivity contribution in [2.45, 2.75) is 31.9 Å². The molecule has 0 aromatic rings. The van der Waals surface area contributed by atoms with Crippen LogP contribution in [0.2, 0.25) is 0 Å². The predicted molar refractivity (Wildman–Crippen MR) is 57.2 cm³/mol. The zero-order valence-corrected chi connectivity index (χ0v) is 9.60. The Kier molecular flexibility index (Phi) is 4.54. The van der Waals surface area contributed by atoms with E-state index in [-0.39, 0.29) is 12.1 Å². The van der Waals surface area contributed by atoms with Gasteiger partial charge >= 0.3 is 12.0 Å². The van der Waals surface area contributed by atoms with Crippen molar-refractivity contribution in [1.82, 2.24) is 10.2 Å². The van der Waals surface area contributed by atoms with Crippen molar-refractivity contribution in [3.63, 3.8) is 0 Å². The number of nitrogens with zero attached hydrogens (tertiary/aromatic N) is 1. The fourth-order valence-electron chi connectivity index (χ4n) is 1.53. The number of carbonyl (C=O) groups excluding carboxylic acids is 1. The molecule has 16 heavy (non-hydrogen) atoms. The Balaban J connectivity index is 2.32. The average Bonchev–Trinajstić information content (AvgIpc) is 2.69. The van der Waals surface area contributed by atoms with E-state index < -0.39 is 12.0 Å². The zero-order valence-electron chi connectivity index (χ0n) is 9.60. The highest BCUT2D eigenvalue weighted by molar-refractivity contribution is 5.82. The van der Waals surface area contributed by atoms with Gasteiger partial charge in [-0.15, -0.1) is 0 Å². The van der Waals surface area contributed by atoms with Gasteiger partial charge in [0.1, 0.15) is 6.04 Å². The monoisotopic (exact) mass is 230 g/mol. The van der Waals surface area contributed by atoms with E-state index in [0.717, 1.165) is 19.4 Å². The fourth-order valence-corrected chi connectivity index (χ4v) is 1.53. The molecule has 6 heteroatoms. The molecule has 2 N–H and O–H groups in total. The van der Waals surface area contributed by atoms with Gasteiger partial charge < -0.3 is 20.1 Å². The maximum atomic E-state index is 11.5. The van der Waals surface area contributed by atoms with E-state index in [1.54, 1.807) is 7.05 Å². The molecule has 0 radical (unpaired) electrons. The molecule has 1 heterocycles. The molecule has 2 amide bonds. The summed E-state index contributed by atoms with van der Waals surface area (Å²) in [5, 5.41) is 11.0. The van der Waals surface area contributed by atoms with Crippen LogP contribution in [0.25, 0.3) is 0 Å². The Morgan fingerprint density at radius 3 is 2.81 bits per heavy atom. The highest BCUT2D eigenvalue weighted by atomic mass is 16.5. The normalized spacial score (nSPS) is 21.5. The number of rotatable bonds is 4. The lowest BCUT2D eigenvalue weighted by atomic mass is 10.2. The van der Waals surface area contributed by atoms with Crippen LogP contribution in [-0.2, 0) is 9.53 Å². The third kappa shape index (κ3) is 3.69. The van der Waals surface area contributed by atoms with Gasteiger partial charge in [-0.25, -0.2) is 4.79 Å². The molecule has 1 aliphatic rings. The number of carbonyl (C=O) groups is 2. The zero-order chi connectivity index (χ0) is 12.1.